The van der Waals surface area contributed by atoms with Crippen molar-refractivity contribution in [1.29, 1.82) is 0 Å². The van der Waals surface area contributed by atoms with Crippen molar-refractivity contribution in [2.45, 2.75) is 38.8 Å². The number of aliphatic carboxylic acids is 1. The van der Waals surface area contributed by atoms with Crippen LogP contribution in [0.1, 0.15) is 26.3 Å². The topological polar surface area (TPSA) is 75.6 Å². The molecule has 0 saturated heterocycles. The SMILES string of the molecule is CC(C)(C)OC(=O)NC(Cc1cccc(-c2ccc(F)c(Cl)c2)c1)C(=O)O. The number of carbonyl (C=O) groups is 2. The molecule has 2 aromatic carbocycles. The summed E-state index contributed by atoms with van der Waals surface area (Å²) >= 11 is 5.83. The van der Waals surface area contributed by atoms with Crippen molar-refractivity contribution in [2.24, 2.45) is 0 Å². The Balaban J connectivity index is 2.18. The molecule has 0 radical (unpaired) electrons. The van der Waals surface area contributed by atoms with Gasteiger partial charge in [0.2, 0.25) is 0 Å². The van der Waals surface area contributed by atoms with E-state index in [4.69, 9.17) is 16.3 Å². The average molecular weight is 394 g/mol. The predicted octanol–water partition coefficient (Wildman–Crippen LogP) is 4.67. The van der Waals surface area contributed by atoms with Crippen LogP contribution in [0.3, 0.4) is 0 Å². The van der Waals surface area contributed by atoms with Crippen molar-refractivity contribution in [3.05, 3.63) is 58.9 Å². The third-order valence-corrected chi connectivity index (χ3v) is 3.90. The van der Waals surface area contributed by atoms with Gasteiger partial charge >= 0.3 is 12.1 Å². The third-order valence-electron chi connectivity index (χ3n) is 3.61. The highest BCUT2D eigenvalue weighted by molar-refractivity contribution is 6.31. The summed E-state index contributed by atoms with van der Waals surface area (Å²) in [5.74, 6) is -1.68. The fourth-order valence-electron chi connectivity index (χ4n) is 2.44. The second-order valence-electron chi connectivity index (χ2n) is 7.07. The fraction of sp³-hybridized carbons (Fsp3) is 0.300. The molecule has 0 aliphatic heterocycles. The van der Waals surface area contributed by atoms with Crippen molar-refractivity contribution in [3.8, 4) is 11.1 Å². The van der Waals surface area contributed by atoms with Crippen molar-refractivity contribution in [3.63, 3.8) is 0 Å². The summed E-state index contributed by atoms with van der Waals surface area (Å²) in [6, 6.07) is 10.3. The van der Waals surface area contributed by atoms with Gasteiger partial charge in [-0.3, -0.25) is 0 Å². The van der Waals surface area contributed by atoms with Gasteiger partial charge in [0.1, 0.15) is 17.5 Å². The minimum Gasteiger partial charge on any atom is -0.480 e. The number of alkyl carbamates (subject to hydrolysis) is 1. The zero-order chi connectivity index (χ0) is 20.2. The quantitative estimate of drug-likeness (QED) is 0.774. The number of carboxylic acid groups (broad SMARTS) is 1. The molecule has 0 aromatic heterocycles. The maximum absolute atomic E-state index is 13.3. The molecule has 7 heteroatoms. The zero-order valence-corrected chi connectivity index (χ0v) is 16.0. The van der Waals surface area contributed by atoms with Gasteiger partial charge < -0.3 is 15.2 Å². The number of nitrogens with one attached hydrogen (secondary N) is 1. The molecule has 0 bridgehead atoms. The summed E-state index contributed by atoms with van der Waals surface area (Å²) in [4.78, 5) is 23.4. The molecule has 144 valence electrons. The highest BCUT2D eigenvalue weighted by Gasteiger charge is 2.24. The largest absolute Gasteiger partial charge is 0.480 e. The molecule has 0 heterocycles. The Morgan fingerprint density at radius 1 is 1.19 bits per heavy atom. The van der Waals surface area contributed by atoms with Crippen LogP contribution < -0.4 is 5.32 Å². The first-order valence-corrected chi connectivity index (χ1v) is 8.69. The molecule has 0 aliphatic carbocycles. The van der Waals surface area contributed by atoms with E-state index in [1.807, 2.05) is 6.07 Å². The lowest BCUT2D eigenvalue weighted by Crippen LogP contribution is -2.44. The fourth-order valence-corrected chi connectivity index (χ4v) is 2.62. The first-order valence-electron chi connectivity index (χ1n) is 8.32. The van der Waals surface area contributed by atoms with E-state index in [2.05, 4.69) is 5.32 Å². The van der Waals surface area contributed by atoms with Crippen molar-refractivity contribution in [1.82, 2.24) is 5.32 Å². The Bertz CT molecular complexity index is 848. The summed E-state index contributed by atoms with van der Waals surface area (Å²) in [5, 5.41) is 11.8. The molecule has 1 amide bonds. The molecule has 2 rings (SSSR count). The molecule has 1 unspecified atom stereocenters. The number of benzene rings is 2. The first-order chi connectivity index (χ1) is 12.5. The van der Waals surface area contributed by atoms with Crippen LogP contribution in [0.25, 0.3) is 11.1 Å². The minimum atomic E-state index is -1.17. The Morgan fingerprint density at radius 2 is 1.85 bits per heavy atom. The average Bonchev–Trinajstić information content (AvgIpc) is 2.55. The van der Waals surface area contributed by atoms with Crippen LogP contribution in [0.4, 0.5) is 9.18 Å². The summed E-state index contributed by atoms with van der Waals surface area (Å²) in [6.45, 7) is 5.08. The van der Waals surface area contributed by atoms with Crippen molar-refractivity contribution < 1.29 is 23.8 Å². The molecule has 27 heavy (non-hydrogen) atoms. The van der Waals surface area contributed by atoms with Crippen LogP contribution in [0.5, 0.6) is 0 Å². The molecule has 0 aliphatic rings. The van der Waals surface area contributed by atoms with E-state index in [9.17, 15) is 19.1 Å². The van der Waals surface area contributed by atoms with Gasteiger partial charge in [0.15, 0.2) is 0 Å². The normalized spacial score (nSPS) is 12.3. The number of rotatable bonds is 5. The van der Waals surface area contributed by atoms with Crippen LogP contribution in [0.15, 0.2) is 42.5 Å². The Morgan fingerprint density at radius 3 is 2.44 bits per heavy atom. The van der Waals surface area contributed by atoms with Crippen LogP contribution in [-0.4, -0.2) is 28.8 Å². The van der Waals surface area contributed by atoms with E-state index in [0.29, 0.717) is 11.1 Å². The number of ether oxygens (including phenoxy) is 1. The van der Waals surface area contributed by atoms with Crippen LogP contribution in [0.2, 0.25) is 5.02 Å². The molecular weight excluding hydrogens is 373 g/mol. The number of amides is 1. The summed E-state index contributed by atoms with van der Waals surface area (Å²) < 4.78 is 18.5. The van der Waals surface area contributed by atoms with E-state index in [1.54, 1.807) is 45.0 Å². The predicted molar refractivity (Wildman–Crippen MR) is 101 cm³/mol. The molecule has 2 aromatic rings. The molecule has 1 atom stereocenters. The molecule has 5 nitrogen and oxygen atoms in total. The van der Waals surface area contributed by atoms with E-state index >= 15 is 0 Å². The number of hydrogen-bond donors (Lipinski definition) is 2. The second kappa shape index (κ2) is 8.39. The lowest BCUT2D eigenvalue weighted by Gasteiger charge is -2.22. The van der Waals surface area contributed by atoms with E-state index in [1.165, 1.54) is 12.1 Å². The highest BCUT2D eigenvalue weighted by Crippen LogP contribution is 2.26. The van der Waals surface area contributed by atoms with E-state index in [-0.39, 0.29) is 11.4 Å². The van der Waals surface area contributed by atoms with Crippen LogP contribution >= 0.6 is 11.6 Å². The molecule has 2 N–H and O–H groups in total. The van der Waals surface area contributed by atoms with Gasteiger partial charge in [-0.1, -0.05) is 41.9 Å². The molecule has 0 spiro atoms. The maximum atomic E-state index is 13.3. The maximum Gasteiger partial charge on any atom is 0.408 e. The van der Waals surface area contributed by atoms with Gasteiger partial charge in [-0.15, -0.1) is 0 Å². The van der Waals surface area contributed by atoms with Crippen LogP contribution in [-0.2, 0) is 16.0 Å². The van der Waals surface area contributed by atoms with Gasteiger partial charge in [-0.2, -0.15) is 0 Å². The van der Waals surface area contributed by atoms with Gasteiger partial charge in [0.25, 0.3) is 0 Å². The Hall–Kier alpha value is -2.60. The Labute approximate surface area is 162 Å². The third kappa shape index (κ3) is 6.25. The molecule has 0 saturated carbocycles. The number of hydrogen-bond acceptors (Lipinski definition) is 3. The van der Waals surface area contributed by atoms with Gasteiger partial charge in [0.05, 0.1) is 5.02 Å². The minimum absolute atomic E-state index is 0.00732. The Kier molecular flexibility index (Phi) is 6.44. The van der Waals surface area contributed by atoms with Gasteiger partial charge in [0, 0.05) is 6.42 Å². The van der Waals surface area contributed by atoms with E-state index in [0.717, 1.165) is 5.56 Å². The standard InChI is InChI=1S/C20H21ClFNO4/c1-20(2,3)27-19(26)23-17(18(24)25)10-12-5-4-6-13(9-12)14-7-8-16(22)15(21)11-14/h4-9,11,17H,10H2,1-3H3,(H,23,26)(H,24,25). The van der Waals surface area contributed by atoms with Gasteiger partial charge in [-0.05, 0) is 49.6 Å². The van der Waals surface area contributed by atoms with E-state index < -0.39 is 29.5 Å². The molecular formula is C20H21ClFNO4. The molecule has 0 fully saturated rings. The highest BCUT2D eigenvalue weighted by atomic mass is 35.5. The lowest BCUT2D eigenvalue weighted by molar-refractivity contribution is -0.139. The summed E-state index contributed by atoms with van der Waals surface area (Å²) in [6.07, 6.45) is -0.728. The number of halogens is 2. The smallest absolute Gasteiger partial charge is 0.408 e. The van der Waals surface area contributed by atoms with Crippen molar-refractivity contribution >= 4 is 23.7 Å². The number of carbonyl (C=O) groups excluding carboxylic acids is 1. The van der Waals surface area contributed by atoms with Crippen LogP contribution in [0, 0.1) is 5.82 Å². The number of carboxylic acids is 1. The zero-order valence-electron chi connectivity index (χ0n) is 15.3. The first kappa shape index (κ1) is 20.7. The second-order valence-corrected chi connectivity index (χ2v) is 7.48. The van der Waals surface area contributed by atoms with Crippen molar-refractivity contribution in [2.75, 3.05) is 0 Å². The van der Waals surface area contributed by atoms with Gasteiger partial charge in [-0.25, -0.2) is 14.0 Å². The summed E-state index contributed by atoms with van der Waals surface area (Å²) in [7, 11) is 0. The lowest BCUT2D eigenvalue weighted by atomic mass is 9.99. The summed E-state index contributed by atoms with van der Waals surface area (Å²) in [5.41, 5.74) is 1.43. The monoisotopic (exact) mass is 393 g/mol.